The standard InChI is InChI=1S/C17H13NO4/c19-16(13-4-2-1-3-5-13)17-15(22-17)11-8-12-6-9-14(10-7-12)18(20)21/h1-11,15,17H/b11-8+/t15-,17+/m1/s1. The summed E-state index contributed by atoms with van der Waals surface area (Å²) in [7, 11) is 0. The van der Waals surface area contributed by atoms with Crippen LogP contribution in [0, 0.1) is 10.1 Å². The van der Waals surface area contributed by atoms with E-state index in [9.17, 15) is 14.9 Å². The van der Waals surface area contributed by atoms with E-state index in [4.69, 9.17) is 4.74 Å². The summed E-state index contributed by atoms with van der Waals surface area (Å²) in [5.74, 6) is -0.0288. The van der Waals surface area contributed by atoms with E-state index < -0.39 is 11.0 Å². The number of Topliss-reactive ketones (excluding diaryl/α,β-unsaturated/α-hetero) is 1. The number of rotatable bonds is 5. The lowest BCUT2D eigenvalue weighted by molar-refractivity contribution is -0.384. The number of carbonyl (C=O) groups excluding carboxylic acids is 1. The maximum absolute atomic E-state index is 12.1. The molecule has 0 spiro atoms. The fourth-order valence-electron chi connectivity index (χ4n) is 2.16. The molecule has 0 bridgehead atoms. The van der Waals surface area contributed by atoms with E-state index in [1.165, 1.54) is 12.1 Å². The van der Waals surface area contributed by atoms with E-state index in [1.807, 2.05) is 18.2 Å². The van der Waals surface area contributed by atoms with Crippen molar-refractivity contribution in [3.8, 4) is 0 Å². The Morgan fingerprint density at radius 1 is 1.09 bits per heavy atom. The van der Waals surface area contributed by atoms with Crippen LogP contribution in [0.5, 0.6) is 0 Å². The van der Waals surface area contributed by atoms with Gasteiger partial charge in [-0.1, -0.05) is 42.5 Å². The van der Waals surface area contributed by atoms with Gasteiger partial charge in [0.15, 0.2) is 11.9 Å². The zero-order chi connectivity index (χ0) is 15.5. The summed E-state index contributed by atoms with van der Waals surface area (Å²) in [5.41, 5.74) is 1.52. The number of nitrogens with zero attached hydrogens (tertiary/aromatic N) is 1. The maximum Gasteiger partial charge on any atom is 0.269 e. The maximum atomic E-state index is 12.1. The summed E-state index contributed by atoms with van der Waals surface area (Å²) < 4.78 is 5.37. The van der Waals surface area contributed by atoms with Gasteiger partial charge in [-0.05, 0) is 17.7 Å². The molecule has 0 amide bonds. The highest BCUT2D eigenvalue weighted by atomic mass is 16.6. The fourth-order valence-corrected chi connectivity index (χ4v) is 2.16. The number of ether oxygens (including phenoxy) is 1. The Bertz CT molecular complexity index is 722. The second kappa shape index (κ2) is 5.91. The van der Waals surface area contributed by atoms with Crippen molar-refractivity contribution in [3.05, 3.63) is 81.9 Å². The van der Waals surface area contributed by atoms with Crippen molar-refractivity contribution >= 4 is 17.5 Å². The molecule has 3 rings (SSSR count). The van der Waals surface area contributed by atoms with E-state index in [0.717, 1.165) is 5.56 Å². The molecule has 0 radical (unpaired) electrons. The minimum Gasteiger partial charge on any atom is -0.356 e. The molecule has 1 aliphatic rings. The van der Waals surface area contributed by atoms with Crippen LogP contribution in [0.3, 0.4) is 0 Å². The molecule has 5 nitrogen and oxygen atoms in total. The Hall–Kier alpha value is -2.79. The third-order valence-electron chi connectivity index (χ3n) is 3.42. The van der Waals surface area contributed by atoms with Crippen molar-refractivity contribution in [2.75, 3.05) is 0 Å². The predicted molar refractivity (Wildman–Crippen MR) is 81.6 cm³/mol. The van der Waals surface area contributed by atoms with Gasteiger partial charge < -0.3 is 4.74 Å². The number of hydrogen-bond acceptors (Lipinski definition) is 4. The second-order valence-electron chi connectivity index (χ2n) is 4.96. The third-order valence-corrected chi connectivity index (χ3v) is 3.42. The van der Waals surface area contributed by atoms with Crippen LogP contribution in [0.1, 0.15) is 15.9 Å². The summed E-state index contributed by atoms with van der Waals surface area (Å²) in [4.78, 5) is 22.2. The quantitative estimate of drug-likeness (QED) is 0.367. The van der Waals surface area contributed by atoms with Crippen LogP contribution in [0.4, 0.5) is 5.69 Å². The minimum absolute atomic E-state index is 0.0288. The summed E-state index contributed by atoms with van der Waals surface area (Å²) in [6.07, 6.45) is 2.93. The van der Waals surface area contributed by atoms with Crippen LogP contribution in [0.25, 0.3) is 6.08 Å². The number of nitro groups is 1. The summed E-state index contributed by atoms with van der Waals surface area (Å²) in [6, 6.07) is 15.2. The third kappa shape index (κ3) is 3.10. The van der Waals surface area contributed by atoms with Crippen LogP contribution in [-0.4, -0.2) is 22.9 Å². The lowest BCUT2D eigenvalue weighted by Gasteiger charge is -1.95. The highest BCUT2D eigenvalue weighted by Crippen LogP contribution is 2.28. The van der Waals surface area contributed by atoms with Crippen molar-refractivity contribution in [1.82, 2.24) is 0 Å². The molecule has 1 heterocycles. The first-order valence-corrected chi connectivity index (χ1v) is 6.82. The highest BCUT2D eigenvalue weighted by molar-refractivity contribution is 6.01. The average Bonchev–Trinajstić information content (AvgIpc) is 3.33. The van der Waals surface area contributed by atoms with Crippen molar-refractivity contribution in [1.29, 1.82) is 0 Å². The molecule has 0 aliphatic carbocycles. The van der Waals surface area contributed by atoms with Gasteiger partial charge in [-0.3, -0.25) is 14.9 Å². The lowest BCUT2D eigenvalue weighted by Crippen LogP contribution is -2.09. The number of non-ortho nitro benzene ring substituents is 1. The highest BCUT2D eigenvalue weighted by Gasteiger charge is 2.43. The monoisotopic (exact) mass is 295 g/mol. The SMILES string of the molecule is O=C(c1ccccc1)[C@H]1O[C@@H]1/C=C/c1ccc([N+](=O)[O-])cc1. The first-order valence-electron chi connectivity index (χ1n) is 6.82. The van der Waals surface area contributed by atoms with Crippen LogP contribution < -0.4 is 0 Å². The van der Waals surface area contributed by atoms with Crippen LogP contribution in [0.15, 0.2) is 60.7 Å². The first-order chi connectivity index (χ1) is 10.6. The molecule has 0 unspecified atom stereocenters. The molecule has 2 aromatic carbocycles. The van der Waals surface area contributed by atoms with Crippen LogP contribution >= 0.6 is 0 Å². The molecule has 0 saturated carbocycles. The molecule has 2 atom stereocenters. The van der Waals surface area contributed by atoms with Gasteiger partial charge in [0, 0.05) is 17.7 Å². The second-order valence-corrected chi connectivity index (χ2v) is 4.96. The minimum atomic E-state index is -0.438. The lowest BCUT2D eigenvalue weighted by atomic mass is 10.1. The predicted octanol–water partition coefficient (Wildman–Crippen LogP) is 3.26. The molecular weight excluding hydrogens is 282 g/mol. The first kappa shape index (κ1) is 14.2. The van der Waals surface area contributed by atoms with Crippen molar-refractivity contribution in [3.63, 3.8) is 0 Å². The number of hydrogen-bond donors (Lipinski definition) is 0. The van der Waals surface area contributed by atoms with E-state index in [2.05, 4.69) is 0 Å². The Balaban J connectivity index is 1.61. The molecule has 0 aromatic heterocycles. The Morgan fingerprint density at radius 2 is 1.77 bits per heavy atom. The van der Waals surface area contributed by atoms with E-state index in [0.29, 0.717) is 5.56 Å². The van der Waals surface area contributed by atoms with Gasteiger partial charge in [-0.2, -0.15) is 0 Å². The summed E-state index contributed by atoms with van der Waals surface area (Å²) in [6.45, 7) is 0. The van der Waals surface area contributed by atoms with Gasteiger partial charge in [0.25, 0.3) is 5.69 Å². The van der Waals surface area contributed by atoms with Gasteiger partial charge in [-0.25, -0.2) is 0 Å². The molecule has 1 saturated heterocycles. The molecule has 2 aromatic rings. The summed E-state index contributed by atoms with van der Waals surface area (Å²) >= 11 is 0. The van der Waals surface area contributed by atoms with Gasteiger partial charge in [0.1, 0.15) is 6.10 Å². The van der Waals surface area contributed by atoms with Gasteiger partial charge >= 0.3 is 0 Å². The van der Waals surface area contributed by atoms with E-state index >= 15 is 0 Å². The van der Waals surface area contributed by atoms with Crippen molar-refractivity contribution in [2.24, 2.45) is 0 Å². The van der Waals surface area contributed by atoms with E-state index in [-0.39, 0.29) is 17.6 Å². The van der Waals surface area contributed by atoms with Crippen LogP contribution in [-0.2, 0) is 4.74 Å². The summed E-state index contributed by atoms with van der Waals surface area (Å²) in [5, 5.41) is 10.6. The topological polar surface area (TPSA) is 72.7 Å². The Labute approximate surface area is 127 Å². The fraction of sp³-hybridized carbons (Fsp3) is 0.118. The number of benzene rings is 2. The van der Waals surface area contributed by atoms with Crippen molar-refractivity contribution < 1.29 is 14.5 Å². The molecule has 110 valence electrons. The van der Waals surface area contributed by atoms with E-state index in [1.54, 1.807) is 36.4 Å². The van der Waals surface area contributed by atoms with Gasteiger partial charge in [-0.15, -0.1) is 0 Å². The molecule has 22 heavy (non-hydrogen) atoms. The largest absolute Gasteiger partial charge is 0.356 e. The number of nitro benzene ring substituents is 1. The van der Waals surface area contributed by atoms with Crippen LogP contribution in [0.2, 0.25) is 0 Å². The molecular formula is C17H13NO4. The molecule has 1 aliphatic heterocycles. The molecule has 1 fully saturated rings. The van der Waals surface area contributed by atoms with Gasteiger partial charge in [0.2, 0.25) is 0 Å². The number of ketones is 1. The number of carbonyl (C=O) groups is 1. The van der Waals surface area contributed by atoms with Gasteiger partial charge in [0.05, 0.1) is 4.92 Å². The zero-order valence-corrected chi connectivity index (χ0v) is 11.6. The normalized spacial score (nSPS) is 20.0. The Kier molecular flexibility index (Phi) is 3.80. The molecule has 5 heteroatoms. The average molecular weight is 295 g/mol. The molecule has 0 N–H and O–H groups in total. The number of epoxide rings is 1. The smallest absolute Gasteiger partial charge is 0.269 e. The Morgan fingerprint density at radius 3 is 2.41 bits per heavy atom. The van der Waals surface area contributed by atoms with Crippen molar-refractivity contribution in [2.45, 2.75) is 12.2 Å². The zero-order valence-electron chi connectivity index (χ0n) is 11.6.